The zero-order chi connectivity index (χ0) is 33.8. The average Bonchev–Trinajstić information content (AvgIpc) is 3.05. The molecule has 4 aromatic carbocycles. The van der Waals surface area contributed by atoms with Gasteiger partial charge < -0.3 is 28.7 Å². The van der Waals surface area contributed by atoms with Gasteiger partial charge in [0.2, 0.25) is 0 Å². The Morgan fingerprint density at radius 3 is 1.30 bits per heavy atom. The summed E-state index contributed by atoms with van der Waals surface area (Å²) in [5.41, 5.74) is 2.34. The fourth-order valence-corrected chi connectivity index (χ4v) is 5.15. The second-order valence-electron chi connectivity index (χ2n) is 10.2. The number of benzene rings is 4. The van der Waals surface area contributed by atoms with Crippen LogP contribution in [0, 0.1) is 0 Å². The molecular formula is C34H31O12P. The summed E-state index contributed by atoms with van der Waals surface area (Å²) in [7, 11) is -4.55. The van der Waals surface area contributed by atoms with Gasteiger partial charge in [-0.2, -0.15) is 0 Å². The molecule has 0 atom stereocenters. The number of ketones is 2. The van der Waals surface area contributed by atoms with E-state index in [2.05, 4.69) is 0 Å². The molecule has 244 valence electrons. The number of carboxylic acids is 2. The van der Waals surface area contributed by atoms with Crippen LogP contribution in [-0.4, -0.2) is 51.8 Å². The predicted molar refractivity (Wildman–Crippen MR) is 168 cm³/mol. The largest absolute Gasteiger partial charge is 0.584 e. The van der Waals surface area contributed by atoms with Crippen LogP contribution >= 0.6 is 7.82 Å². The Labute approximate surface area is 269 Å². The van der Waals surface area contributed by atoms with Crippen LogP contribution in [-0.2, 0) is 27.0 Å². The third kappa shape index (κ3) is 11.4. The summed E-state index contributed by atoms with van der Waals surface area (Å²) in [5, 5.41) is 17.5. The van der Waals surface area contributed by atoms with Gasteiger partial charge >= 0.3 is 19.8 Å². The second-order valence-corrected chi connectivity index (χ2v) is 11.5. The lowest BCUT2D eigenvalue weighted by atomic mass is 10.0. The number of rotatable bonds is 18. The topological polar surface area (TPSA) is 183 Å². The van der Waals surface area contributed by atoms with Crippen LogP contribution < -0.4 is 18.5 Å². The Morgan fingerprint density at radius 2 is 0.936 bits per heavy atom. The predicted octanol–water partition coefficient (Wildman–Crippen LogP) is 5.80. The van der Waals surface area contributed by atoms with E-state index in [9.17, 15) is 28.6 Å². The van der Waals surface area contributed by atoms with Crippen LogP contribution in [0.1, 0.15) is 44.7 Å². The van der Waals surface area contributed by atoms with E-state index < -0.39 is 33.0 Å². The van der Waals surface area contributed by atoms with Gasteiger partial charge in [0.05, 0.1) is 0 Å². The number of phosphoric ester groups is 1. The van der Waals surface area contributed by atoms with Crippen molar-refractivity contribution in [3.8, 4) is 23.0 Å². The fraction of sp³-hybridized carbons (Fsp3) is 0.176. The van der Waals surface area contributed by atoms with Crippen molar-refractivity contribution >= 4 is 31.3 Å². The summed E-state index contributed by atoms with van der Waals surface area (Å²) >= 11 is 0. The third-order valence-corrected chi connectivity index (χ3v) is 7.49. The van der Waals surface area contributed by atoms with Gasteiger partial charge in [-0.05, 0) is 72.5 Å². The molecule has 0 fully saturated rings. The standard InChI is InChI=1S/C34H31O12P/c35-31(25-3-1-5-29(19-25)43-21-33(37)38)17-11-23-7-13-27(14-8-23)45-47(41,42)46-28-15-9-24(10-16-28)12-18-32(36)26-4-2-6-30(20-26)44-22-34(39)40/h1-10,13-16,19-20H,11-12,17-18,21-22H2,(H,37,38)(H,39,40)(H,41,42). The average molecular weight is 663 g/mol. The summed E-state index contributed by atoms with van der Waals surface area (Å²) < 4.78 is 33.2. The Morgan fingerprint density at radius 1 is 0.553 bits per heavy atom. The molecule has 0 amide bonds. The van der Waals surface area contributed by atoms with Crippen molar-refractivity contribution in [1.82, 2.24) is 0 Å². The van der Waals surface area contributed by atoms with Crippen LogP contribution in [0.3, 0.4) is 0 Å². The van der Waals surface area contributed by atoms with E-state index in [0.717, 1.165) is 11.1 Å². The van der Waals surface area contributed by atoms with Crippen molar-refractivity contribution < 1.29 is 57.4 Å². The van der Waals surface area contributed by atoms with Crippen LogP contribution in [0.15, 0.2) is 97.1 Å². The van der Waals surface area contributed by atoms with Crippen molar-refractivity contribution in [3.63, 3.8) is 0 Å². The number of phosphoric acid groups is 1. The maximum absolute atomic E-state index is 12.6. The molecule has 0 bridgehead atoms. The van der Waals surface area contributed by atoms with Crippen LogP contribution in [0.5, 0.6) is 23.0 Å². The highest BCUT2D eigenvalue weighted by Crippen LogP contribution is 2.44. The van der Waals surface area contributed by atoms with Gasteiger partial charge in [0.1, 0.15) is 23.0 Å². The zero-order valence-corrected chi connectivity index (χ0v) is 25.8. The van der Waals surface area contributed by atoms with Gasteiger partial charge in [0.25, 0.3) is 0 Å². The monoisotopic (exact) mass is 662 g/mol. The van der Waals surface area contributed by atoms with Crippen LogP contribution in [0.25, 0.3) is 0 Å². The van der Waals surface area contributed by atoms with E-state index in [0.29, 0.717) is 24.0 Å². The van der Waals surface area contributed by atoms with E-state index in [1.165, 1.54) is 36.4 Å². The molecule has 0 aliphatic heterocycles. The molecule has 0 spiro atoms. The van der Waals surface area contributed by atoms with Gasteiger partial charge in [0.15, 0.2) is 24.8 Å². The number of Topliss-reactive ketones (excluding diaryl/α,β-unsaturated/α-hetero) is 2. The summed E-state index contributed by atoms with van der Waals surface area (Å²) in [6.07, 6.45) is 1.12. The first-order chi connectivity index (χ1) is 22.5. The lowest BCUT2D eigenvalue weighted by Gasteiger charge is -2.14. The molecule has 0 heterocycles. The van der Waals surface area contributed by atoms with Gasteiger partial charge in [-0.25, -0.2) is 14.2 Å². The van der Waals surface area contributed by atoms with E-state index in [4.69, 9.17) is 28.7 Å². The van der Waals surface area contributed by atoms with Crippen molar-refractivity contribution in [1.29, 1.82) is 0 Å². The molecule has 4 aromatic rings. The number of carbonyl (C=O) groups excluding carboxylic acids is 2. The Balaban J connectivity index is 1.23. The molecule has 0 aromatic heterocycles. The minimum absolute atomic E-state index is 0.0850. The Kier molecular flexibility index (Phi) is 11.9. The highest BCUT2D eigenvalue weighted by atomic mass is 31.2. The molecule has 13 heteroatoms. The molecule has 0 saturated heterocycles. The lowest BCUT2D eigenvalue weighted by Crippen LogP contribution is -2.10. The molecule has 0 saturated carbocycles. The van der Waals surface area contributed by atoms with Crippen molar-refractivity contribution in [3.05, 3.63) is 119 Å². The quantitative estimate of drug-likeness (QED) is 0.0861. The minimum Gasteiger partial charge on any atom is -0.482 e. The first kappa shape index (κ1) is 34.4. The van der Waals surface area contributed by atoms with Gasteiger partial charge in [-0.3, -0.25) is 14.5 Å². The molecule has 47 heavy (non-hydrogen) atoms. The Hall–Kier alpha value is -5.45. The number of ether oxygens (including phenoxy) is 2. The minimum atomic E-state index is -4.55. The van der Waals surface area contributed by atoms with Crippen molar-refractivity contribution in [2.45, 2.75) is 25.7 Å². The molecule has 0 aliphatic carbocycles. The van der Waals surface area contributed by atoms with E-state index >= 15 is 0 Å². The number of hydrogen-bond acceptors (Lipinski definition) is 9. The summed E-state index contributed by atoms with van der Waals surface area (Å²) in [6.45, 7) is -1.02. The molecule has 0 unspecified atom stereocenters. The van der Waals surface area contributed by atoms with Crippen LogP contribution in [0.2, 0.25) is 0 Å². The molecule has 0 aliphatic rings. The number of aryl methyl sites for hydroxylation is 2. The molecule has 0 radical (unpaired) electrons. The third-order valence-electron chi connectivity index (χ3n) is 6.61. The smallest absolute Gasteiger partial charge is 0.482 e. The summed E-state index contributed by atoms with van der Waals surface area (Å²) in [6, 6.07) is 25.1. The molecule has 4 rings (SSSR count). The maximum atomic E-state index is 12.6. The number of carboxylic acid groups (broad SMARTS) is 2. The maximum Gasteiger partial charge on any atom is 0.584 e. The van der Waals surface area contributed by atoms with E-state index in [-0.39, 0.29) is 47.4 Å². The Bertz CT molecular complexity index is 1640. The first-order valence-corrected chi connectivity index (χ1v) is 15.8. The SMILES string of the molecule is O=C(O)COc1cccc(C(=O)CCc2ccc(OP(=O)(O)Oc3ccc(CCC(=O)c4cccc(OCC(=O)O)c4)cc3)cc2)c1. The summed E-state index contributed by atoms with van der Waals surface area (Å²) in [5.74, 6) is -1.83. The van der Waals surface area contributed by atoms with Gasteiger partial charge in [0, 0.05) is 24.0 Å². The fourth-order valence-electron chi connectivity index (χ4n) is 4.33. The van der Waals surface area contributed by atoms with E-state index in [1.807, 2.05) is 0 Å². The number of hydrogen-bond donors (Lipinski definition) is 3. The van der Waals surface area contributed by atoms with Crippen LogP contribution in [0.4, 0.5) is 0 Å². The summed E-state index contributed by atoms with van der Waals surface area (Å²) in [4.78, 5) is 56.9. The first-order valence-electron chi connectivity index (χ1n) is 14.3. The molecule has 12 nitrogen and oxygen atoms in total. The lowest BCUT2D eigenvalue weighted by molar-refractivity contribution is -0.140. The molecular weight excluding hydrogens is 631 g/mol. The van der Waals surface area contributed by atoms with Gasteiger partial charge in [-0.15, -0.1) is 0 Å². The molecule has 3 N–H and O–H groups in total. The van der Waals surface area contributed by atoms with Gasteiger partial charge in [-0.1, -0.05) is 48.5 Å². The normalized spacial score (nSPS) is 10.9. The highest BCUT2D eigenvalue weighted by Gasteiger charge is 2.25. The van der Waals surface area contributed by atoms with Crippen molar-refractivity contribution in [2.75, 3.05) is 13.2 Å². The number of aliphatic carboxylic acids is 2. The number of carbonyl (C=O) groups is 4. The zero-order valence-electron chi connectivity index (χ0n) is 24.9. The highest BCUT2D eigenvalue weighted by molar-refractivity contribution is 7.48. The van der Waals surface area contributed by atoms with E-state index in [1.54, 1.807) is 60.7 Å². The second kappa shape index (κ2) is 16.2. The van der Waals surface area contributed by atoms with Crippen molar-refractivity contribution in [2.24, 2.45) is 0 Å².